The molecule has 38 heavy (non-hydrogen) atoms. The number of benzene rings is 3. The van der Waals surface area contributed by atoms with Crippen molar-refractivity contribution in [2.45, 2.75) is 19.4 Å². The first-order valence-corrected chi connectivity index (χ1v) is 12.5. The van der Waals surface area contributed by atoms with Gasteiger partial charge in [-0.2, -0.15) is 0 Å². The predicted molar refractivity (Wildman–Crippen MR) is 146 cm³/mol. The lowest BCUT2D eigenvalue weighted by molar-refractivity contribution is -0.130. The maximum atomic E-state index is 14.3. The fourth-order valence-electron chi connectivity index (χ4n) is 5.06. The second-order valence-corrected chi connectivity index (χ2v) is 9.30. The van der Waals surface area contributed by atoms with Crippen molar-refractivity contribution >= 4 is 18.1 Å². The topological polar surface area (TPSA) is 85.9 Å². The number of methoxy groups -OCH3 is 2. The Morgan fingerprint density at radius 1 is 0.921 bits per heavy atom. The number of aromatic hydroxyl groups is 1. The van der Waals surface area contributed by atoms with Crippen molar-refractivity contribution in [3.05, 3.63) is 105 Å². The first kappa shape index (κ1) is 25.3. The van der Waals surface area contributed by atoms with Crippen molar-refractivity contribution in [2.24, 2.45) is 0 Å². The summed E-state index contributed by atoms with van der Waals surface area (Å²) >= 11 is 5.77. The molecule has 0 saturated heterocycles. The number of carbonyl (C=O) groups excluding carboxylic acids is 1. The molecule has 9 heteroatoms. The van der Waals surface area contributed by atoms with E-state index < -0.39 is 11.6 Å². The number of hydrogen-bond acceptors (Lipinski definition) is 6. The van der Waals surface area contributed by atoms with Gasteiger partial charge in [-0.05, 0) is 66.2 Å². The van der Waals surface area contributed by atoms with Gasteiger partial charge in [0, 0.05) is 13.5 Å². The summed E-state index contributed by atoms with van der Waals surface area (Å²) in [5, 5.41) is 11.8. The molecule has 0 unspecified atom stereocenters. The molecule has 3 aromatic carbocycles. The van der Waals surface area contributed by atoms with Crippen LogP contribution in [-0.2, 0) is 11.2 Å². The fraction of sp³-hybridized carbons (Fsp3) is 0.207. The van der Waals surface area contributed by atoms with Crippen molar-refractivity contribution in [3.8, 4) is 28.8 Å². The van der Waals surface area contributed by atoms with E-state index in [4.69, 9.17) is 21.7 Å². The van der Waals surface area contributed by atoms with Crippen molar-refractivity contribution in [1.82, 2.24) is 14.0 Å². The lowest BCUT2D eigenvalue weighted by atomic mass is 9.88. The van der Waals surface area contributed by atoms with Crippen LogP contribution in [0.15, 0.2) is 77.6 Å². The highest BCUT2D eigenvalue weighted by atomic mass is 32.1. The zero-order valence-corrected chi connectivity index (χ0v) is 22.1. The highest BCUT2D eigenvalue weighted by molar-refractivity contribution is 7.71. The molecule has 0 bridgehead atoms. The first-order valence-electron chi connectivity index (χ1n) is 12.1. The lowest BCUT2D eigenvalue weighted by Crippen LogP contribution is -2.43. The van der Waals surface area contributed by atoms with Gasteiger partial charge >= 0.3 is 0 Å². The lowest BCUT2D eigenvalue weighted by Gasteiger charge is -2.37. The van der Waals surface area contributed by atoms with E-state index in [-0.39, 0.29) is 22.1 Å². The Labute approximate surface area is 224 Å². The van der Waals surface area contributed by atoms with Gasteiger partial charge in [0.1, 0.15) is 5.56 Å². The maximum absolute atomic E-state index is 14.3. The number of nitrogens with zero attached hydrogens (tertiary/aromatic N) is 3. The Morgan fingerprint density at radius 2 is 1.47 bits per heavy atom. The molecule has 194 valence electrons. The quantitative estimate of drug-likeness (QED) is 0.381. The molecule has 1 aliphatic rings. The van der Waals surface area contributed by atoms with Gasteiger partial charge in [0.25, 0.3) is 5.56 Å². The standard InChI is InChI=1S/C29H27N3O5S/c1-18(33)30-15-14-19-16-23(36-2)24(37-3)17-22(19)26(30)25-27(34)31(20-10-6-4-7-11-20)29(38)32(28(25)35)21-12-8-5-9-13-21/h4-13,16-17,26,34H,14-15H2,1-3H3/t26-/m1/s1. The summed E-state index contributed by atoms with van der Waals surface area (Å²) in [5.41, 5.74) is 2.22. The van der Waals surface area contributed by atoms with Crippen LogP contribution in [0.2, 0.25) is 0 Å². The number of ether oxygens (including phenoxy) is 2. The second-order valence-electron chi connectivity index (χ2n) is 8.94. The van der Waals surface area contributed by atoms with Crippen LogP contribution >= 0.6 is 12.2 Å². The summed E-state index contributed by atoms with van der Waals surface area (Å²) in [6.07, 6.45) is 0.553. The summed E-state index contributed by atoms with van der Waals surface area (Å²) in [4.78, 5) is 28.8. The molecule has 1 amide bonds. The van der Waals surface area contributed by atoms with Crippen LogP contribution in [0.3, 0.4) is 0 Å². The van der Waals surface area contributed by atoms with E-state index in [9.17, 15) is 14.7 Å². The molecule has 4 aromatic rings. The summed E-state index contributed by atoms with van der Waals surface area (Å²) in [6.45, 7) is 1.81. The summed E-state index contributed by atoms with van der Waals surface area (Å²) < 4.78 is 14.0. The van der Waals surface area contributed by atoms with Crippen LogP contribution in [0, 0.1) is 4.77 Å². The van der Waals surface area contributed by atoms with Gasteiger partial charge < -0.3 is 19.5 Å². The largest absolute Gasteiger partial charge is 0.494 e. The minimum atomic E-state index is -0.885. The van der Waals surface area contributed by atoms with Crippen molar-refractivity contribution in [3.63, 3.8) is 0 Å². The van der Waals surface area contributed by atoms with Gasteiger partial charge in [0.15, 0.2) is 16.3 Å². The zero-order valence-electron chi connectivity index (χ0n) is 21.2. The van der Waals surface area contributed by atoms with E-state index in [1.54, 1.807) is 42.3 Å². The molecule has 0 radical (unpaired) electrons. The molecule has 1 N–H and O–H groups in total. The van der Waals surface area contributed by atoms with Crippen molar-refractivity contribution in [2.75, 3.05) is 20.8 Å². The van der Waals surface area contributed by atoms with Gasteiger partial charge in [-0.1, -0.05) is 36.4 Å². The minimum absolute atomic E-state index is 0.0367. The Morgan fingerprint density at radius 3 is 2.03 bits per heavy atom. The van der Waals surface area contributed by atoms with Gasteiger partial charge in [0.2, 0.25) is 11.8 Å². The number of fused-ring (bicyclic) bond motifs is 1. The van der Waals surface area contributed by atoms with Crippen LogP contribution in [0.4, 0.5) is 0 Å². The molecule has 1 atom stereocenters. The summed E-state index contributed by atoms with van der Waals surface area (Å²) in [6, 6.07) is 20.9. The average molecular weight is 530 g/mol. The van der Waals surface area contributed by atoms with Crippen LogP contribution in [0.5, 0.6) is 17.4 Å². The molecule has 1 aromatic heterocycles. The average Bonchev–Trinajstić information content (AvgIpc) is 2.93. The highest BCUT2D eigenvalue weighted by Gasteiger charge is 2.37. The molecule has 8 nitrogen and oxygen atoms in total. The molecule has 0 spiro atoms. The van der Waals surface area contributed by atoms with Crippen molar-refractivity contribution in [1.29, 1.82) is 0 Å². The Balaban J connectivity index is 1.90. The third-order valence-electron chi connectivity index (χ3n) is 6.85. The number of aromatic nitrogens is 2. The van der Waals surface area contributed by atoms with E-state index in [2.05, 4.69) is 0 Å². The van der Waals surface area contributed by atoms with Crippen LogP contribution in [0.1, 0.15) is 29.7 Å². The third-order valence-corrected chi connectivity index (χ3v) is 7.21. The molecular weight excluding hydrogens is 502 g/mol. The molecular formula is C29H27N3O5S. The van der Waals surface area contributed by atoms with E-state index in [0.29, 0.717) is 41.4 Å². The number of hydrogen-bond donors (Lipinski definition) is 1. The summed E-state index contributed by atoms with van der Waals surface area (Å²) in [7, 11) is 3.09. The minimum Gasteiger partial charge on any atom is -0.494 e. The predicted octanol–water partition coefficient (Wildman–Crippen LogP) is 4.57. The number of amides is 1. The fourth-order valence-corrected chi connectivity index (χ4v) is 5.44. The van der Waals surface area contributed by atoms with E-state index >= 15 is 0 Å². The monoisotopic (exact) mass is 529 g/mol. The smallest absolute Gasteiger partial charge is 0.268 e. The highest BCUT2D eigenvalue weighted by Crippen LogP contribution is 2.42. The number of rotatable bonds is 5. The van der Waals surface area contributed by atoms with Gasteiger partial charge in [-0.15, -0.1) is 0 Å². The molecule has 0 aliphatic carbocycles. The van der Waals surface area contributed by atoms with E-state index in [1.165, 1.54) is 23.2 Å². The molecule has 5 rings (SSSR count). The van der Waals surface area contributed by atoms with E-state index in [1.807, 2.05) is 42.5 Å². The zero-order chi connectivity index (χ0) is 27.0. The normalized spacial score (nSPS) is 14.6. The molecule has 1 aliphatic heterocycles. The third kappa shape index (κ3) is 4.14. The Hall–Kier alpha value is -4.37. The molecule has 0 fully saturated rings. The van der Waals surface area contributed by atoms with Gasteiger partial charge in [-0.3, -0.25) is 18.7 Å². The Bertz CT molecular complexity index is 1630. The SMILES string of the molecule is COc1cc2c(cc1OC)[C@H](c1c(O)n(-c3ccccc3)c(=S)n(-c3ccccc3)c1=O)N(C(C)=O)CC2. The second kappa shape index (κ2) is 10.2. The van der Waals surface area contributed by atoms with Gasteiger partial charge in [0.05, 0.1) is 31.6 Å². The first-order chi connectivity index (χ1) is 18.4. The van der Waals surface area contributed by atoms with Crippen LogP contribution in [0.25, 0.3) is 11.4 Å². The van der Waals surface area contributed by atoms with Crippen LogP contribution in [-0.4, -0.2) is 45.8 Å². The molecule has 0 saturated carbocycles. The Kier molecular flexibility index (Phi) is 6.77. The number of carbonyl (C=O) groups is 1. The van der Waals surface area contributed by atoms with E-state index in [0.717, 1.165) is 5.56 Å². The van der Waals surface area contributed by atoms with Crippen molar-refractivity contribution < 1.29 is 19.4 Å². The summed E-state index contributed by atoms with van der Waals surface area (Å²) in [5.74, 6) is 0.458. The van der Waals surface area contributed by atoms with Crippen LogP contribution < -0.4 is 15.0 Å². The number of para-hydroxylation sites is 2. The maximum Gasteiger partial charge on any atom is 0.268 e. The van der Waals surface area contributed by atoms with Gasteiger partial charge in [-0.25, -0.2) is 0 Å². The molecule has 2 heterocycles.